The van der Waals surface area contributed by atoms with Gasteiger partial charge in [-0.3, -0.25) is 14.6 Å². The molecule has 2 aromatic rings. The van der Waals surface area contributed by atoms with Gasteiger partial charge in [-0.05, 0) is 36.2 Å². The highest BCUT2D eigenvalue weighted by molar-refractivity contribution is 5.83. The van der Waals surface area contributed by atoms with Crippen molar-refractivity contribution in [3.05, 3.63) is 53.9 Å². The van der Waals surface area contributed by atoms with Crippen molar-refractivity contribution in [2.45, 2.75) is 19.9 Å². The quantitative estimate of drug-likeness (QED) is 0.727. The van der Waals surface area contributed by atoms with E-state index >= 15 is 0 Å². The molecule has 27 heavy (non-hydrogen) atoms. The Morgan fingerprint density at radius 2 is 1.89 bits per heavy atom. The third kappa shape index (κ3) is 6.29. The lowest BCUT2D eigenvalue weighted by Crippen LogP contribution is -2.40. The Labute approximate surface area is 159 Å². The van der Waals surface area contributed by atoms with Crippen LogP contribution in [0.4, 0.5) is 0 Å². The molecular formula is C20H25N3O4. The first kappa shape index (κ1) is 20.2. The molecule has 1 aromatic heterocycles. The van der Waals surface area contributed by atoms with E-state index in [2.05, 4.69) is 10.3 Å². The number of nitrogens with zero attached hydrogens (tertiary/aromatic N) is 2. The number of methoxy groups -OCH3 is 2. The SMILES string of the molecule is COc1ccc(CCNC(=O)CN(Cc2ccccn2)C(C)=O)cc1OC. The summed E-state index contributed by atoms with van der Waals surface area (Å²) in [6.45, 7) is 2.21. The Balaban J connectivity index is 1.84. The Morgan fingerprint density at radius 3 is 2.52 bits per heavy atom. The summed E-state index contributed by atoms with van der Waals surface area (Å²) in [6.07, 6.45) is 2.31. The lowest BCUT2D eigenvalue weighted by atomic mass is 10.1. The van der Waals surface area contributed by atoms with E-state index in [-0.39, 0.29) is 18.4 Å². The molecule has 0 unspecified atom stereocenters. The molecule has 0 aliphatic rings. The van der Waals surface area contributed by atoms with Gasteiger partial charge in [0.15, 0.2) is 11.5 Å². The van der Waals surface area contributed by atoms with E-state index in [0.717, 1.165) is 11.3 Å². The van der Waals surface area contributed by atoms with Gasteiger partial charge >= 0.3 is 0 Å². The van der Waals surface area contributed by atoms with Gasteiger partial charge in [-0.2, -0.15) is 0 Å². The third-order valence-corrected chi connectivity index (χ3v) is 4.04. The lowest BCUT2D eigenvalue weighted by molar-refractivity contribution is -0.134. The van der Waals surface area contributed by atoms with Gasteiger partial charge in [0.2, 0.25) is 11.8 Å². The number of amides is 2. The van der Waals surface area contributed by atoms with Gasteiger partial charge in [-0.1, -0.05) is 12.1 Å². The van der Waals surface area contributed by atoms with Crippen molar-refractivity contribution in [3.63, 3.8) is 0 Å². The van der Waals surface area contributed by atoms with Gasteiger partial charge in [0, 0.05) is 19.7 Å². The normalized spacial score (nSPS) is 10.2. The minimum absolute atomic E-state index is 0.00214. The van der Waals surface area contributed by atoms with E-state index < -0.39 is 0 Å². The van der Waals surface area contributed by atoms with Gasteiger partial charge in [0.05, 0.1) is 33.0 Å². The average molecular weight is 371 g/mol. The van der Waals surface area contributed by atoms with Crippen LogP contribution in [0.25, 0.3) is 0 Å². The molecule has 0 aliphatic heterocycles. The molecule has 2 amide bonds. The summed E-state index contributed by atoms with van der Waals surface area (Å²) in [7, 11) is 3.17. The summed E-state index contributed by atoms with van der Waals surface area (Å²) in [4.78, 5) is 29.7. The van der Waals surface area contributed by atoms with Crippen molar-refractivity contribution >= 4 is 11.8 Å². The molecular weight excluding hydrogens is 346 g/mol. The summed E-state index contributed by atoms with van der Waals surface area (Å²) >= 11 is 0. The van der Waals surface area contributed by atoms with Crippen LogP contribution < -0.4 is 14.8 Å². The van der Waals surface area contributed by atoms with Crippen LogP contribution in [-0.2, 0) is 22.6 Å². The molecule has 2 rings (SSSR count). The van der Waals surface area contributed by atoms with E-state index in [1.165, 1.54) is 11.8 Å². The highest BCUT2D eigenvalue weighted by Crippen LogP contribution is 2.27. The van der Waals surface area contributed by atoms with Gasteiger partial charge in [0.1, 0.15) is 0 Å². The van der Waals surface area contributed by atoms with E-state index in [1.807, 2.05) is 36.4 Å². The molecule has 1 aromatic carbocycles. The van der Waals surface area contributed by atoms with Crippen molar-refractivity contribution in [2.24, 2.45) is 0 Å². The number of hydrogen-bond acceptors (Lipinski definition) is 5. The van der Waals surface area contributed by atoms with Crippen LogP contribution in [0.15, 0.2) is 42.6 Å². The first-order valence-corrected chi connectivity index (χ1v) is 8.66. The van der Waals surface area contributed by atoms with Crippen LogP contribution in [0.1, 0.15) is 18.2 Å². The first-order valence-electron chi connectivity index (χ1n) is 8.66. The van der Waals surface area contributed by atoms with Crippen LogP contribution in [0, 0.1) is 0 Å². The maximum Gasteiger partial charge on any atom is 0.239 e. The minimum Gasteiger partial charge on any atom is -0.493 e. The second-order valence-electron chi connectivity index (χ2n) is 5.99. The van der Waals surface area contributed by atoms with Crippen LogP contribution >= 0.6 is 0 Å². The lowest BCUT2D eigenvalue weighted by Gasteiger charge is -2.20. The molecule has 1 N–H and O–H groups in total. The molecule has 144 valence electrons. The van der Waals surface area contributed by atoms with Crippen LogP contribution in [0.3, 0.4) is 0 Å². The Morgan fingerprint density at radius 1 is 1.11 bits per heavy atom. The van der Waals surface area contributed by atoms with Gasteiger partial charge in [-0.25, -0.2) is 0 Å². The summed E-state index contributed by atoms with van der Waals surface area (Å²) in [5.74, 6) is 0.939. The topological polar surface area (TPSA) is 80.8 Å². The van der Waals surface area contributed by atoms with E-state index in [0.29, 0.717) is 31.0 Å². The van der Waals surface area contributed by atoms with Crippen LogP contribution in [-0.4, -0.2) is 49.0 Å². The number of nitrogens with one attached hydrogen (secondary N) is 1. The van der Waals surface area contributed by atoms with Crippen molar-refractivity contribution in [1.29, 1.82) is 0 Å². The molecule has 1 heterocycles. The standard InChI is InChI=1S/C20H25N3O4/c1-15(24)23(13-17-6-4-5-10-21-17)14-20(25)22-11-9-16-7-8-18(26-2)19(12-16)27-3/h4-8,10,12H,9,11,13-14H2,1-3H3,(H,22,25). The summed E-state index contributed by atoms with van der Waals surface area (Å²) in [5, 5.41) is 2.84. The number of rotatable bonds is 9. The minimum atomic E-state index is -0.207. The number of carbonyl (C=O) groups excluding carboxylic acids is 2. The number of aromatic nitrogens is 1. The Bertz CT molecular complexity index is 765. The first-order chi connectivity index (χ1) is 13.0. The number of carbonyl (C=O) groups is 2. The Hall–Kier alpha value is -3.09. The zero-order valence-electron chi connectivity index (χ0n) is 15.9. The van der Waals surface area contributed by atoms with E-state index in [9.17, 15) is 9.59 Å². The largest absolute Gasteiger partial charge is 0.493 e. The van der Waals surface area contributed by atoms with Gasteiger partial charge < -0.3 is 19.7 Å². The number of benzene rings is 1. The molecule has 0 radical (unpaired) electrons. The summed E-state index contributed by atoms with van der Waals surface area (Å²) in [5.41, 5.74) is 1.76. The van der Waals surface area contributed by atoms with Crippen LogP contribution in [0.2, 0.25) is 0 Å². The second kappa shape index (κ2) is 10.2. The number of pyridine rings is 1. The smallest absolute Gasteiger partial charge is 0.239 e. The van der Waals surface area contributed by atoms with E-state index in [4.69, 9.17) is 9.47 Å². The monoisotopic (exact) mass is 371 g/mol. The van der Waals surface area contributed by atoms with Crippen molar-refractivity contribution in [1.82, 2.24) is 15.2 Å². The average Bonchev–Trinajstić information content (AvgIpc) is 2.68. The van der Waals surface area contributed by atoms with Crippen molar-refractivity contribution in [2.75, 3.05) is 27.3 Å². The van der Waals surface area contributed by atoms with Crippen molar-refractivity contribution in [3.8, 4) is 11.5 Å². The highest BCUT2D eigenvalue weighted by atomic mass is 16.5. The molecule has 0 bridgehead atoms. The molecule has 0 saturated heterocycles. The molecule has 7 nitrogen and oxygen atoms in total. The number of hydrogen-bond donors (Lipinski definition) is 1. The molecule has 7 heteroatoms. The van der Waals surface area contributed by atoms with Crippen molar-refractivity contribution < 1.29 is 19.1 Å². The highest BCUT2D eigenvalue weighted by Gasteiger charge is 2.14. The predicted molar refractivity (Wildman–Crippen MR) is 102 cm³/mol. The van der Waals surface area contributed by atoms with Gasteiger partial charge in [0.25, 0.3) is 0 Å². The molecule has 0 fully saturated rings. The summed E-state index contributed by atoms with van der Waals surface area (Å²) < 4.78 is 10.5. The fourth-order valence-corrected chi connectivity index (χ4v) is 2.58. The fraction of sp³-hybridized carbons (Fsp3) is 0.350. The molecule has 0 atom stereocenters. The fourth-order valence-electron chi connectivity index (χ4n) is 2.58. The summed E-state index contributed by atoms with van der Waals surface area (Å²) in [6, 6.07) is 11.1. The molecule has 0 aliphatic carbocycles. The zero-order chi connectivity index (χ0) is 19.6. The predicted octanol–water partition coefficient (Wildman–Crippen LogP) is 1.81. The Kier molecular flexibility index (Phi) is 7.61. The zero-order valence-corrected chi connectivity index (χ0v) is 15.9. The van der Waals surface area contributed by atoms with E-state index in [1.54, 1.807) is 20.4 Å². The maximum atomic E-state index is 12.2. The molecule has 0 saturated carbocycles. The maximum absolute atomic E-state index is 12.2. The van der Waals surface area contributed by atoms with Gasteiger partial charge in [-0.15, -0.1) is 0 Å². The number of ether oxygens (including phenoxy) is 2. The second-order valence-corrected chi connectivity index (χ2v) is 5.99. The van der Waals surface area contributed by atoms with Crippen LogP contribution in [0.5, 0.6) is 11.5 Å². The third-order valence-electron chi connectivity index (χ3n) is 4.04. The molecule has 0 spiro atoms.